The normalized spacial score (nSPS) is 52.2. The Bertz CT molecular complexity index is 857. The Morgan fingerprint density at radius 2 is 1.97 bits per heavy atom. The van der Waals surface area contributed by atoms with Crippen molar-refractivity contribution in [2.24, 2.45) is 28.6 Å². The zero-order valence-electron chi connectivity index (χ0n) is 17.5. The van der Waals surface area contributed by atoms with E-state index in [0.29, 0.717) is 12.8 Å². The Hall–Kier alpha value is -1.50. The highest BCUT2D eigenvalue weighted by atomic mass is 16.8. The zero-order valence-corrected chi connectivity index (χ0v) is 17.5. The van der Waals surface area contributed by atoms with Gasteiger partial charge in [-0.25, -0.2) is 4.79 Å². The van der Waals surface area contributed by atoms with Crippen LogP contribution in [0.15, 0.2) is 23.8 Å². The molecule has 1 aliphatic heterocycles. The van der Waals surface area contributed by atoms with Gasteiger partial charge >= 0.3 is 5.97 Å². The number of aliphatic hydroxyl groups excluding tert-OH is 1. The maximum Gasteiger partial charge on any atom is 0.339 e. The van der Waals surface area contributed by atoms with E-state index in [2.05, 4.69) is 6.92 Å². The summed E-state index contributed by atoms with van der Waals surface area (Å²) in [5, 5.41) is 21.7. The smallest absolute Gasteiger partial charge is 0.339 e. The summed E-state index contributed by atoms with van der Waals surface area (Å²) in [5.74, 6) is -1.74. The van der Waals surface area contributed by atoms with E-state index in [9.17, 15) is 19.8 Å². The fourth-order valence-electron chi connectivity index (χ4n) is 7.79. The molecule has 0 radical (unpaired) electrons. The lowest BCUT2D eigenvalue weighted by Crippen LogP contribution is -2.63. The molecule has 3 saturated carbocycles. The number of hydrogen-bond donors (Lipinski definition) is 2. The maximum absolute atomic E-state index is 12.6. The highest BCUT2D eigenvalue weighted by Gasteiger charge is 2.77. The number of carboxylic acid groups (broad SMARTS) is 1. The van der Waals surface area contributed by atoms with Crippen molar-refractivity contribution < 1.29 is 29.3 Å². The Kier molecular flexibility index (Phi) is 3.75. The molecule has 4 aliphatic carbocycles. The lowest BCUT2D eigenvalue weighted by atomic mass is 9.46. The van der Waals surface area contributed by atoms with Crippen LogP contribution in [0, 0.1) is 28.6 Å². The van der Waals surface area contributed by atoms with E-state index in [1.165, 1.54) is 0 Å². The topological polar surface area (TPSA) is 93.1 Å². The van der Waals surface area contributed by atoms with E-state index in [4.69, 9.17) is 9.47 Å². The van der Waals surface area contributed by atoms with Crippen molar-refractivity contribution in [2.45, 2.75) is 77.0 Å². The van der Waals surface area contributed by atoms with Gasteiger partial charge in [-0.3, -0.25) is 4.79 Å². The van der Waals surface area contributed by atoms with Crippen LogP contribution in [0.1, 0.15) is 53.4 Å². The molecule has 29 heavy (non-hydrogen) atoms. The number of allylic oxidation sites excluding steroid dienone is 4. The Labute approximate surface area is 170 Å². The summed E-state index contributed by atoms with van der Waals surface area (Å²) in [5.41, 5.74) is -1.44. The van der Waals surface area contributed by atoms with E-state index in [1.807, 2.05) is 13.0 Å². The van der Waals surface area contributed by atoms with Gasteiger partial charge in [0.15, 0.2) is 17.2 Å². The SMILES string of the molecule is CC1(C)O[C@@H]2C[C@@H]3[C@@H]4CCC5=CC(=O)C=C[C@]5(C)[C@H]4[C@H](O)C[C@]3(C)[C@]2(C(=O)O)O1. The number of hydrogen-bond acceptors (Lipinski definition) is 5. The van der Waals surface area contributed by atoms with Crippen molar-refractivity contribution in [1.82, 2.24) is 0 Å². The van der Waals surface area contributed by atoms with Crippen LogP contribution in [0.3, 0.4) is 0 Å². The summed E-state index contributed by atoms with van der Waals surface area (Å²) in [7, 11) is 0. The average Bonchev–Trinajstić information content (AvgIpc) is 3.02. The first kappa shape index (κ1) is 19.5. The summed E-state index contributed by atoms with van der Waals surface area (Å²) in [6.45, 7) is 7.62. The number of aliphatic carboxylic acids is 1. The van der Waals surface area contributed by atoms with Gasteiger partial charge in [-0.2, -0.15) is 0 Å². The zero-order chi connectivity index (χ0) is 21.0. The second-order valence-electron chi connectivity index (χ2n) is 10.6. The van der Waals surface area contributed by atoms with Gasteiger partial charge in [0.25, 0.3) is 0 Å². The molecule has 4 fully saturated rings. The number of ketones is 1. The highest BCUT2D eigenvalue weighted by Crippen LogP contribution is 2.70. The quantitative estimate of drug-likeness (QED) is 0.701. The van der Waals surface area contributed by atoms with Crippen molar-refractivity contribution in [2.75, 3.05) is 0 Å². The monoisotopic (exact) mass is 402 g/mol. The number of ether oxygens (including phenoxy) is 2. The van der Waals surface area contributed by atoms with Crippen LogP contribution >= 0.6 is 0 Å². The van der Waals surface area contributed by atoms with Gasteiger partial charge in [-0.05, 0) is 63.5 Å². The van der Waals surface area contributed by atoms with Crippen molar-refractivity contribution in [3.05, 3.63) is 23.8 Å². The van der Waals surface area contributed by atoms with Gasteiger partial charge in [0.1, 0.15) is 6.10 Å². The van der Waals surface area contributed by atoms with Gasteiger partial charge in [0.05, 0.1) is 6.10 Å². The molecule has 0 spiro atoms. The molecule has 2 N–H and O–H groups in total. The van der Waals surface area contributed by atoms with Crippen LogP contribution in [-0.2, 0) is 19.1 Å². The summed E-state index contributed by atoms with van der Waals surface area (Å²) in [4.78, 5) is 24.5. The van der Waals surface area contributed by atoms with Gasteiger partial charge in [0.2, 0.25) is 0 Å². The first-order valence-electron chi connectivity index (χ1n) is 10.7. The van der Waals surface area contributed by atoms with Crippen molar-refractivity contribution in [3.8, 4) is 0 Å². The molecule has 158 valence electrons. The highest BCUT2D eigenvalue weighted by molar-refractivity contribution is 6.01. The van der Waals surface area contributed by atoms with Crippen molar-refractivity contribution in [3.63, 3.8) is 0 Å². The van der Waals surface area contributed by atoms with Crippen molar-refractivity contribution in [1.29, 1.82) is 0 Å². The molecular formula is C23H30O6. The van der Waals surface area contributed by atoms with E-state index in [0.717, 1.165) is 18.4 Å². The largest absolute Gasteiger partial charge is 0.479 e. The Morgan fingerprint density at radius 3 is 2.66 bits per heavy atom. The maximum atomic E-state index is 12.6. The minimum Gasteiger partial charge on any atom is -0.479 e. The van der Waals surface area contributed by atoms with Crippen LogP contribution < -0.4 is 0 Å². The number of carbonyl (C=O) groups excluding carboxylic acids is 1. The van der Waals surface area contributed by atoms with Crippen LogP contribution in [-0.4, -0.2) is 45.6 Å². The molecule has 6 heteroatoms. The van der Waals surface area contributed by atoms with Crippen LogP contribution in [0.25, 0.3) is 0 Å². The standard InChI is InChI=1S/C23H30O6/c1-20(2)28-17-10-15-14-6-5-12-9-13(24)7-8-21(12,3)18(14)16(25)11-22(15,4)23(17,29-20)19(26)27/h7-9,14-18,25H,5-6,10-11H2,1-4H3,(H,26,27)/t14-,15+,16+,17+,18+,21-,22-,23-/m0/s1. The number of carboxylic acids is 1. The van der Waals surface area contributed by atoms with E-state index in [1.54, 1.807) is 26.0 Å². The number of aliphatic hydroxyl groups is 1. The summed E-state index contributed by atoms with van der Waals surface area (Å²) in [6.07, 6.45) is 6.73. The molecule has 0 aromatic heterocycles. The van der Waals surface area contributed by atoms with Crippen LogP contribution in [0.5, 0.6) is 0 Å². The molecule has 5 rings (SSSR count). The number of rotatable bonds is 1. The summed E-state index contributed by atoms with van der Waals surface area (Å²) < 4.78 is 12.3. The third-order valence-corrected chi connectivity index (χ3v) is 8.81. The molecule has 8 atom stereocenters. The molecule has 5 aliphatic rings. The summed E-state index contributed by atoms with van der Waals surface area (Å²) >= 11 is 0. The molecule has 0 amide bonds. The minimum atomic E-state index is -1.44. The molecule has 1 heterocycles. The van der Waals surface area contributed by atoms with Gasteiger partial charge in [0, 0.05) is 16.7 Å². The predicted molar refractivity (Wildman–Crippen MR) is 104 cm³/mol. The first-order chi connectivity index (χ1) is 13.4. The average molecular weight is 402 g/mol. The molecule has 0 aromatic carbocycles. The van der Waals surface area contributed by atoms with Crippen LogP contribution in [0.4, 0.5) is 0 Å². The van der Waals surface area contributed by atoms with E-state index >= 15 is 0 Å². The lowest BCUT2D eigenvalue weighted by Gasteiger charge is -2.59. The second kappa shape index (κ2) is 5.59. The molecule has 0 unspecified atom stereocenters. The van der Waals surface area contributed by atoms with E-state index in [-0.39, 0.29) is 29.0 Å². The van der Waals surface area contributed by atoms with Gasteiger partial charge in [-0.1, -0.05) is 25.5 Å². The third kappa shape index (κ3) is 2.23. The Balaban J connectivity index is 1.59. The first-order valence-corrected chi connectivity index (χ1v) is 10.7. The fraction of sp³-hybridized carbons (Fsp3) is 0.739. The molecule has 6 nitrogen and oxygen atoms in total. The molecule has 0 aromatic rings. The van der Waals surface area contributed by atoms with Crippen molar-refractivity contribution >= 4 is 11.8 Å². The summed E-state index contributed by atoms with van der Waals surface area (Å²) in [6, 6.07) is 0. The minimum absolute atomic E-state index is 0.00956. The molecular weight excluding hydrogens is 372 g/mol. The number of fused-ring (bicyclic) bond motifs is 7. The number of carbonyl (C=O) groups is 2. The van der Waals surface area contributed by atoms with Gasteiger partial charge in [-0.15, -0.1) is 0 Å². The lowest BCUT2D eigenvalue weighted by molar-refractivity contribution is -0.232. The van der Waals surface area contributed by atoms with Crippen LogP contribution in [0.2, 0.25) is 0 Å². The predicted octanol–water partition coefficient (Wildman–Crippen LogP) is 2.85. The van der Waals surface area contributed by atoms with E-state index < -0.39 is 35.0 Å². The molecule has 1 saturated heterocycles. The Morgan fingerprint density at radius 1 is 1.24 bits per heavy atom. The fourth-order valence-corrected chi connectivity index (χ4v) is 7.79. The molecule has 0 bridgehead atoms. The second-order valence-corrected chi connectivity index (χ2v) is 10.6. The van der Waals surface area contributed by atoms with Gasteiger partial charge < -0.3 is 19.7 Å². The third-order valence-electron chi connectivity index (χ3n) is 8.81.